The summed E-state index contributed by atoms with van der Waals surface area (Å²) in [6, 6.07) is 2.45. The lowest BCUT2D eigenvalue weighted by Gasteiger charge is -2.32. The van der Waals surface area contributed by atoms with Gasteiger partial charge in [0, 0.05) is 19.5 Å². The number of aryl methyl sites for hydroxylation is 2. The fourth-order valence-electron chi connectivity index (χ4n) is 2.96. The summed E-state index contributed by atoms with van der Waals surface area (Å²) in [7, 11) is 0. The van der Waals surface area contributed by atoms with Crippen molar-refractivity contribution in [1.82, 2.24) is 25.2 Å². The summed E-state index contributed by atoms with van der Waals surface area (Å²) >= 11 is 0. The molecule has 8 heteroatoms. The molecule has 0 aromatic carbocycles. The summed E-state index contributed by atoms with van der Waals surface area (Å²) in [4.78, 5) is 6.54. The monoisotopic (exact) mass is 327 g/mol. The topological polar surface area (TPSA) is 104 Å². The largest absolute Gasteiger partial charge is 0.363 e. The number of hydrogen-bond acceptors (Lipinski definition) is 8. The van der Waals surface area contributed by atoms with Crippen molar-refractivity contribution in [1.29, 1.82) is 5.26 Å². The van der Waals surface area contributed by atoms with Gasteiger partial charge in [-0.05, 0) is 38.8 Å². The minimum Gasteiger partial charge on any atom is -0.363 e. The molecule has 1 saturated heterocycles. The van der Waals surface area contributed by atoms with Crippen molar-refractivity contribution in [3.63, 3.8) is 0 Å². The Morgan fingerprint density at radius 1 is 1.33 bits per heavy atom. The van der Waals surface area contributed by atoms with Crippen LogP contribution in [0.1, 0.15) is 41.4 Å². The van der Waals surface area contributed by atoms with Gasteiger partial charge in [0.2, 0.25) is 5.89 Å². The fourth-order valence-corrected chi connectivity index (χ4v) is 2.96. The Bertz CT molecular complexity index is 764. The molecule has 8 nitrogen and oxygen atoms in total. The van der Waals surface area contributed by atoms with Gasteiger partial charge in [-0.15, -0.1) is 5.10 Å². The number of rotatable bonds is 4. The van der Waals surface area contributed by atoms with Crippen LogP contribution in [0.2, 0.25) is 0 Å². The molecule has 126 valence electrons. The maximum absolute atomic E-state index is 9.41. The van der Waals surface area contributed by atoms with Crippen molar-refractivity contribution in [3.05, 3.63) is 28.5 Å². The second-order valence-electron chi connectivity index (χ2n) is 6.19. The van der Waals surface area contributed by atoms with Crippen LogP contribution in [0.15, 0.2) is 4.52 Å². The molecule has 0 unspecified atom stereocenters. The highest BCUT2D eigenvalue weighted by molar-refractivity contribution is 5.56. The van der Waals surface area contributed by atoms with Gasteiger partial charge in [-0.25, -0.2) is 0 Å². The Labute approximate surface area is 140 Å². The Balaban J connectivity index is 1.68. The van der Waals surface area contributed by atoms with Crippen LogP contribution >= 0.6 is 0 Å². The Morgan fingerprint density at radius 3 is 2.88 bits per heavy atom. The highest BCUT2D eigenvalue weighted by atomic mass is 16.5. The van der Waals surface area contributed by atoms with Crippen molar-refractivity contribution in [2.75, 3.05) is 18.4 Å². The van der Waals surface area contributed by atoms with Crippen LogP contribution in [-0.2, 0) is 6.54 Å². The molecular weight excluding hydrogens is 306 g/mol. The molecule has 0 bridgehead atoms. The number of nitriles is 1. The standard InChI is InChI=1S/C16H21N7O/c1-10-11(2)20-21-16(14(10)7-17)19-13-5-4-6-23(8-13)9-15-18-12(3)24-22-15/h13H,4-6,8-9H2,1-3H3,(H,19,21)/t13-/m0/s1. The first-order valence-corrected chi connectivity index (χ1v) is 8.09. The number of nitrogens with zero attached hydrogens (tertiary/aromatic N) is 6. The van der Waals surface area contributed by atoms with E-state index in [1.807, 2.05) is 13.8 Å². The van der Waals surface area contributed by atoms with E-state index < -0.39 is 0 Å². The van der Waals surface area contributed by atoms with Crippen molar-refractivity contribution < 1.29 is 4.52 Å². The van der Waals surface area contributed by atoms with Gasteiger partial charge in [0.05, 0.1) is 12.2 Å². The zero-order chi connectivity index (χ0) is 17.1. The van der Waals surface area contributed by atoms with E-state index in [4.69, 9.17) is 4.52 Å². The minimum atomic E-state index is 0.218. The number of piperidine rings is 1. The molecule has 0 aliphatic carbocycles. The first-order chi connectivity index (χ1) is 11.6. The zero-order valence-electron chi connectivity index (χ0n) is 14.2. The number of aromatic nitrogens is 4. The summed E-state index contributed by atoms with van der Waals surface area (Å²) in [5.74, 6) is 1.86. The van der Waals surface area contributed by atoms with Gasteiger partial charge < -0.3 is 9.84 Å². The third-order valence-electron chi connectivity index (χ3n) is 4.35. The van der Waals surface area contributed by atoms with Gasteiger partial charge in [0.15, 0.2) is 11.6 Å². The van der Waals surface area contributed by atoms with Crippen LogP contribution in [0.4, 0.5) is 5.82 Å². The molecule has 1 aliphatic heterocycles. The minimum absolute atomic E-state index is 0.218. The fraction of sp³-hybridized carbons (Fsp3) is 0.562. The number of anilines is 1. The summed E-state index contributed by atoms with van der Waals surface area (Å²) in [6.45, 7) is 8.06. The summed E-state index contributed by atoms with van der Waals surface area (Å²) < 4.78 is 5.03. The number of likely N-dealkylation sites (tertiary alicyclic amines) is 1. The van der Waals surface area contributed by atoms with E-state index in [1.165, 1.54) is 0 Å². The highest BCUT2D eigenvalue weighted by Gasteiger charge is 2.23. The van der Waals surface area contributed by atoms with Crippen molar-refractivity contribution in [2.45, 2.75) is 46.2 Å². The molecular formula is C16H21N7O. The summed E-state index contributed by atoms with van der Waals surface area (Å²) in [5.41, 5.74) is 2.24. The Morgan fingerprint density at radius 2 is 2.17 bits per heavy atom. The van der Waals surface area contributed by atoms with Crippen molar-refractivity contribution in [2.24, 2.45) is 0 Å². The van der Waals surface area contributed by atoms with Gasteiger partial charge >= 0.3 is 0 Å². The van der Waals surface area contributed by atoms with E-state index in [9.17, 15) is 5.26 Å². The van der Waals surface area contributed by atoms with Gasteiger partial charge in [0.1, 0.15) is 11.6 Å². The predicted octanol–water partition coefficient (Wildman–Crippen LogP) is 1.73. The molecule has 0 saturated carbocycles. The molecule has 2 aromatic rings. The lowest BCUT2D eigenvalue weighted by atomic mass is 10.0. The van der Waals surface area contributed by atoms with E-state index in [0.29, 0.717) is 29.6 Å². The zero-order valence-corrected chi connectivity index (χ0v) is 14.2. The van der Waals surface area contributed by atoms with Crippen LogP contribution in [-0.4, -0.2) is 44.4 Å². The van der Waals surface area contributed by atoms with Gasteiger partial charge in [-0.1, -0.05) is 5.16 Å². The van der Waals surface area contributed by atoms with Crippen LogP contribution < -0.4 is 5.32 Å². The smallest absolute Gasteiger partial charge is 0.223 e. The second-order valence-corrected chi connectivity index (χ2v) is 6.19. The average molecular weight is 327 g/mol. The molecule has 0 spiro atoms. The lowest BCUT2D eigenvalue weighted by molar-refractivity contribution is 0.201. The maximum Gasteiger partial charge on any atom is 0.223 e. The molecule has 0 radical (unpaired) electrons. The van der Waals surface area contributed by atoms with E-state index in [0.717, 1.165) is 37.2 Å². The normalized spacial score (nSPS) is 18.3. The van der Waals surface area contributed by atoms with Crippen molar-refractivity contribution in [3.8, 4) is 6.07 Å². The van der Waals surface area contributed by atoms with Crippen LogP contribution in [0.5, 0.6) is 0 Å². The molecule has 1 N–H and O–H groups in total. The lowest BCUT2D eigenvalue weighted by Crippen LogP contribution is -2.42. The first kappa shape index (κ1) is 16.3. The average Bonchev–Trinajstić information content (AvgIpc) is 2.97. The molecule has 2 aromatic heterocycles. The van der Waals surface area contributed by atoms with Crippen LogP contribution in [0.25, 0.3) is 0 Å². The van der Waals surface area contributed by atoms with E-state index >= 15 is 0 Å². The Kier molecular flexibility index (Phi) is 4.71. The highest BCUT2D eigenvalue weighted by Crippen LogP contribution is 2.21. The molecule has 1 fully saturated rings. The van der Waals surface area contributed by atoms with Gasteiger partial charge in [-0.2, -0.15) is 15.3 Å². The summed E-state index contributed by atoms with van der Waals surface area (Å²) in [5, 5.41) is 25.1. The quantitative estimate of drug-likeness (QED) is 0.905. The molecule has 3 rings (SSSR count). The molecule has 24 heavy (non-hydrogen) atoms. The van der Waals surface area contributed by atoms with E-state index in [-0.39, 0.29) is 6.04 Å². The first-order valence-electron chi connectivity index (χ1n) is 8.09. The third-order valence-corrected chi connectivity index (χ3v) is 4.35. The Hall–Kier alpha value is -2.53. The van der Waals surface area contributed by atoms with Gasteiger partial charge in [-0.3, -0.25) is 4.90 Å². The predicted molar refractivity (Wildman–Crippen MR) is 87.2 cm³/mol. The van der Waals surface area contributed by atoms with Crippen LogP contribution in [0.3, 0.4) is 0 Å². The second kappa shape index (κ2) is 6.93. The van der Waals surface area contributed by atoms with E-state index in [2.05, 4.69) is 36.6 Å². The van der Waals surface area contributed by atoms with E-state index in [1.54, 1.807) is 6.92 Å². The maximum atomic E-state index is 9.41. The van der Waals surface area contributed by atoms with Crippen molar-refractivity contribution >= 4 is 5.82 Å². The SMILES string of the molecule is Cc1nc(CN2CCC[C@H](Nc3nnc(C)c(C)c3C#N)C2)no1. The third kappa shape index (κ3) is 3.51. The molecule has 3 heterocycles. The molecule has 1 atom stereocenters. The number of hydrogen-bond donors (Lipinski definition) is 1. The molecule has 1 aliphatic rings. The van der Waals surface area contributed by atoms with Crippen LogP contribution in [0, 0.1) is 32.1 Å². The number of nitrogens with one attached hydrogen (secondary N) is 1. The summed E-state index contributed by atoms with van der Waals surface area (Å²) in [6.07, 6.45) is 2.09. The van der Waals surface area contributed by atoms with Gasteiger partial charge in [0.25, 0.3) is 0 Å². The molecule has 0 amide bonds.